The molecular formula is C24H22N4O2S. The van der Waals surface area contributed by atoms with Crippen LogP contribution in [0, 0.1) is 0 Å². The lowest BCUT2D eigenvalue weighted by atomic mass is 10.0. The molecule has 1 atom stereocenters. The van der Waals surface area contributed by atoms with Crippen molar-refractivity contribution in [1.29, 1.82) is 0 Å². The number of urea groups is 1. The van der Waals surface area contributed by atoms with Crippen molar-refractivity contribution >= 4 is 23.1 Å². The lowest BCUT2D eigenvalue weighted by Gasteiger charge is -2.16. The Kier molecular flexibility index (Phi) is 6.54. The van der Waals surface area contributed by atoms with Gasteiger partial charge in [-0.05, 0) is 30.7 Å². The van der Waals surface area contributed by atoms with E-state index in [0.717, 1.165) is 27.6 Å². The van der Waals surface area contributed by atoms with Crippen molar-refractivity contribution in [3.8, 4) is 16.9 Å². The molecule has 0 fully saturated rings. The second kappa shape index (κ2) is 9.86. The van der Waals surface area contributed by atoms with Gasteiger partial charge in [-0.1, -0.05) is 48.5 Å². The van der Waals surface area contributed by atoms with E-state index in [1.54, 1.807) is 24.5 Å². The van der Waals surface area contributed by atoms with Crippen LogP contribution >= 0.6 is 11.3 Å². The Hall–Kier alpha value is -3.71. The summed E-state index contributed by atoms with van der Waals surface area (Å²) in [5.74, 6) is 0.813. The quantitative estimate of drug-likeness (QED) is 0.396. The van der Waals surface area contributed by atoms with E-state index in [2.05, 4.69) is 38.8 Å². The highest BCUT2D eigenvalue weighted by Crippen LogP contribution is 2.33. The highest BCUT2D eigenvalue weighted by molar-refractivity contribution is 7.09. The molecule has 2 aromatic carbocycles. The van der Waals surface area contributed by atoms with Gasteiger partial charge in [0.1, 0.15) is 16.9 Å². The van der Waals surface area contributed by atoms with Crippen molar-refractivity contribution in [2.45, 2.75) is 19.6 Å². The van der Waals surface area contributed by atoms with Crippen LogP contribution < -0.4 is 15.4 Å². The molecule has 0 saturated carbocycles. The fraction of sp³-hybridized carbons (Fsp3) is 0.125. The average Bonchev–Trinajstić information content (AvgIpc) is 3.29. The number of rotatable bonds is 7. The van der Waals surface area contributed by atoms with Gasteiger partial charge in [0.15, 0.2) is 0 Å². The SMILES string of the molecule is C[C@H](Oc1ccccc1-c1ccccc1)c1nc(CNC(=O)Nc2ccncc2)cs1. The van der Waals surface area contributed by atoms with Gasteiger partial charge in [-0.3, -0.25) is 4.98 Å². The summed E-state index contributed by atoms with van der Waals surface area (Å²) in [7, 11) is 0. The molecule has 0 spiro atoms. The Bertz CT molecular complexity index is 1130. The monoisotopic (exact) mass is 430 g/mol. The van der Waals surface area contributed by atoms with Crippen LogP contribution in [0.2, 0.25) is 0 Å². The summed E-state index contributed by atoms with van der Waals surface area (Å²) in [5, 5.41) is 8.36. The van der Waals surface area contributed by atoms with Crippen LogP contribution in [0.5, 0.6) is 5.75 Å². The standard InChI is InChI=1S/C24H22N4O2S/c1-17(30-22-10-6-5-9-21(22)18-7-3-2-4-8-18)23-27-20(16-31-23)15-26-24(29)28-19-11-13-25-14-12-19/h2-14,16-17H,15H2,1H3,(H2,25,26,28,29)/t17-/m0/s1. The molecule has 0 radical (unpaired) electrons. The first-order chi connectivity index (χ1) is 15.2. The zero-order chi connectivity index (χ0) is 21.5. The summed E-state index contributed by atoms with van der Waals surface area (Å²) in [6, 6.07) is 21.3. The maximum absolute atomic E-state index is 12.0. The minimum Gasteiger partial charge on any atom is -0.483 e. The Morgan fingerprint density at radius 1 is 1.03 bits per heavy atom. The number of pyridine rings is 1. The molecule has 2 amide bonds. The van der Waals surface area contributed by atoms with Crippen molar-refractivity contribution < 1.29 is 9.53 Å². The number of ether oxygens (including phenoxy) is 1. The molecule has 0 aliphatic heterocycles. The third kappa shape index (κ3) is 5.46. The smallest absolute Gasteiger partial charge is 0.319 e. The molecule has 0 bridgehead atoms. The molecule has 156 valence electrons. The number of benzene rings is 2. The first kappa shape index (κ1) is 20.6. The van der Waals surface area contributed by atoms with Gasteiger partial charge in [-0.25, -0.2) is 9.78 Å². The van der Waals surface area contributed by atoms with E-state index >= 15 is 0 Å². The number of aromatic nitrogens is 2. The molecular weight excluding hydrogens is 408 g/mol. The summed E-state index contributed by atoms with van der Waals surface area (Å²) in [4.78, 5) is 20.6. The highest BCUT2D eigenvalue weighted by Gasteiger charge is 2.15. The molecule has 0 unspecified atom stereocenters. The Labute approximate surface area is 185 Å². The van der Waals surface area contributed by atoms with Crippen LogP contribution in [-0.4, -0.2) is 16.0 Å². The number of nitrogens with zero attached hydrogens (tertiary/aromatic N) is 2. The van der Waals surface area contributed by atoms with E-state index in [-0.39, 0.29) is 12.1 Å². The topological polar surface area (TPSA) is 76.1 Å². The van der Waals surface area contributed by atoms with Gasteiger partial charge < -0.3 is 15.4 Å². The minimum absolute atomic E-state index is 0.214. The number of anilines is 1. The summed E-state index contributed by atoms with van der Waals surface area (Å²) >= 11 is 1.52. The number of para-hydroxylation sites is 1. The summed E-state index contributed by atoms with van der Waals surface area (Å²) in [6.45, 7) is 2.31. The van der Waals surface area contributed by atoms with Gasteiger partial charge in [0.25, 0.3) is 0 Å². The number of hydrogen-bond donors (Lipinski definition) is 2. The Morgan fingerprint density at radius 2 is 1.77 bits per heavy atom. The second-order valence-electron chi connectivity index (χ2n) is 6.84. The highest BCUT2D eigenvalue weighted by atomic mass is 32.1. The number of hydrogen-bond acceptors (Lipinski definition) is 5. The summed E-state index contributed by atoms with van der Waals surface area (Å²) in [5.41, 5.74) is 3.62. The normalized spacial score (nSPS) is 11.5. The molecule has 31 heavy (non-hydrogen) atoms. The lowest BCUT2D eigenvalue weighted by molar-refractivity contribution is 0.227. The number of amides is 2. The Morgan fingerprint density at radius 3 is 2.58 bits per heavy atom. The maximum Gasteiger partial charge on any atom is 0.319 e. The number of thiazole rings is 1. The molecule has 2 aromatic heterocycles. The largest absolute Gasteiger partial charge is 0.483 e. The maximum atomic E-state index is 12.0. The van der Waals surface area contributed by atoms with Gasteiger partial charge in [-0.2, -0.15) is 0 Å². The molecule has 7 heteroatoms. The number of carbonyl (C=O) groups is 1. The van der Waals surface area contributed by atoms with E-state index in [0.29, 0.717) is 12.2 Å². The van der Waals surface area contributed by atoms with E-state index in [9.17, 15) is 4.79 Å². The lowest BCUT2D eigenvalue weighted by Crippen LogP contribution is -2.28. The third-order valence-electron chi connectivity index (χ3n) is 4.56. The molecule has 6 nitrogen and oxygen atoms in total. The van der Waals surface area contributed by atoms with Crippen LogP contribution in [0.25, 0.3) is 11.1 Å². The number of nitrogens with one attached hydrogen (secondary N) is 2. The predicted octanol–water partition coefficient (Wildman–Crippen LogP) is 5.67. The van der Waals surface area contributed by atoms with Gasteiger partial charge in [0.2, 0.25) is 0 Å². The van der Waals surface area contributed by atoms with Crippen LogP contribution in [0.1, 0.15) is 23.7 Å². The molecule has 0 saturated heterocycles. The van der Waals surface area contributed by atoms with Crippen LogP contribution in [-0.2, 0) is 6.54 Å². The van der Waals surface area contributed by atoms with Gasteiger partial charge in [0.05, 0.1) is 12.2 Å². The van der Waals surface area contributed by atoms with E-state index in [1.807, 2.05) is 48.7 Å². The molecule has 0 aliphatic rings. The van der Waals surface area contributed by atoms with Crippen molar-refractivity contribution in [3.05, 3.63) is 95.2 Å². The first-order valence-corrected chi connectivity index (χ1v) is 10.8. The van der Waals surface area contributed by atoms with Crippen molar-refractivity contribution in [2.24, 2.45) is 0 Å². The van der Waals surface area contributed by atoms with E-state index in [1.165, 1.54) is 11.3 Å². The van der Waals surface area contributed by atoms with Gasteiger partial charge in [-0.15, -0.1) is 11.3 Å². The van der Waals surface area contributed by atoms with Crippen LogP contribution in [0.3, 0.4) is 0 Å². The van der Waals surface area contributed by atoms with Crippen LogP contribution in [0.4, 0.5) is 10.5 Å². The number of carbonyl (C=O) groups excluding carboxylic acids is 1. The predicted molar refractivity (Wildman–Crippen MR) is 123 cm³/mol. The molecule has 4 rings (SSSR count). The third-order valence-corrected chi connectivity index (χ3v) is 5.62. The van der Waals surface area contributed by atoms with Crippen molar-refractivity contribution in [2.75, 3.05) is 5.32 Å². The fourth-order valence-electron chi connectivity index (χ4n) is 3.04. The second-order valence-corrected chi connectivity index (χ2v) is 7.73. The molecule has 2 N–H and O–H groups in total. The minimum atomic E-state index is -0.290. The molecule has 2 heterocycles. The van der Waals surface area contributed by atoms with E-state index < -0.39 is 0 Å². The van der Waals surface area contributed by atoms with Crippen molar-refractivity contribution in [1.82, 2.24) is 15.3 Å². The first-order valence-electron chi connectivity index (χ1n) is 9.89. The van der Waals surface area contributed by atoms with Crippen LogP contribution in [0.15, 0.2) is 84.5 Å². The van der Waals surface area contributed by atoms with Gasteiger partial charge in [0, 0.05) is 29.0 Å². The fourth-order valence-corrected chi connectivity index (χ4v) is 3.84. The molecule has 4 aromatic rings. The molecule has 0 aliphatic carbocycles. The zero-order valence-electron chi connectivity index (χ0n) is 17.0. The van der Waals surface area contributed by atoms with E-state index in [4.69, 9.17) is 4.74 Å². The Balaban J connectivity index is 1.37. The van der Waals surface area contributed by atoms with Crippen molar-refractivity contribution in [3.63, 3.8) is 0 Å². The summed E-state index contributed by atoms with van der Waals surface area (Å²) in [6.07, 6.45) is 3.04. The van der Waals surface area contributed by atoms with Gasteiger partial charge >= 0.3 is 6.03 Å². The average molecular weight is 431 g/mol. The zero-order valence-corrected chi connectivity index (χ0v) is 17.8. The summed E-state index contributed by atoms with van der Waals surface area (Å²) < 4.78 is 6.25.